The maximum absolute atomic E-state index is 11.4. The van der Waals surface area contributed by atoms with Crippen LogP contribution < -0.4 is 18.9 Å². The number of fused-ring (bicyclic) bond motifs is 1. The molecule has 6 rings (SSSR count). The van der Waals surface area contributed by atoms with Gasteiger partial charge in [-0.2, -0.15) is 0 Å². The molecule has 88 heavy (non-hydrogen) atoms. The third-order valence-electron chi connectivity index (χ3n) is 17.1. The first-order chi connectivity index (χ1) is 43.4. The summed E-state index contributed by atoms with van der Waals surface area (Å²) in [6.45, 7) is 11.6. The van der Waals surface area contributed by atoms with Crippen molar-refractivity contribution in [1.82, 2.24) is 20.2 Å². The van der Waals surface area contributed by atoms with Gasteiger partial charge < -0.3 is 23.4 Å². The highest BCUT2D eigenvalue weighted by atomic mass is 16.6. The average molecular weight is 1210 g/mol. The van der Waals surface area contributed by atoms with Crippen molar-refractivity contribution in [2.75, 3.05) is 26.4 Å². The summed E-state index contributed by atoms with van der Waals surface area (Å²) in [6, 6.07) is 24.4. The molecular weight excluding hydrogens is 1090 g/mol. The Balaban J connectivity index is 1.28. The molecule has 0 saturated carbocycles. The zero-order valence-corrected chi connectivity index (χ0v) is 55.2. The number of benzene rings is 4. The minimum absolute atomic E-state index is 0.0111. The van der Waals surface area contributed by atoms with E-state index in [1.165, 1.54) is 218 Å². The average Bonchev–Trinajstić information content (AvgIpc) is 1.39. The van der Waals surface area contributed by atoms with Gasteiger partial charge in [0.2, 0.25) is 11.8 Å². The van der Waals surface area contributed by atoms with E-state index in [9.17, 15) is 10.1 Å². The number of ether oxygens (including phenoxy) is 4. The molecule has 0 bridgehead atoms. The van der Waals surface area contributed by atoms with Crippen LogP contribution in [0.15, 0.2) is 83.3 Å². The first-order valence-electron chi connectivity index (χ1n) is 35.6. The molecule has 0 amide bonds. The Morgan fingerprint density at radius 3 is 0.977 bits per heavy atom. The molecule has 0 aliphatic carbocycles. The summed E-state index contributed by atoms with van der Waals surface area (Å²) in [5.41, 5.74) is 5.71. The fourth-order valence-electron chi connectivity index (χ4n) is 11.6. The molecular formula is C76H113N5O7. The number of aromatic nitrogens is 4. The van der Waals surface area contributed by atoms with Gasteiger partial charge >= 0.3 is 0 Å². The summed E-state index contributed by atoms with van der Waals surface area (Å²) in [7, 11) is 0. The van der Waals surface area contributed by atoms with Gasteiger partial charge in [-0.25, -0.2) is 9.97 Å². The Labute approximate surface area is 531 Å². The number of unbranched alkanes of at least 4 members (excludes halogenated alkanes) is 36. The second-order valence-corrected chi connectivity index (χ2v) is 24.8. The van der Waals surface area contributed by atoms with E-state index in [0.29, 0.717) is 71.6 Å². The van der Waals surface area contributed by atoms with Crippen molar-refractivity contribution in [2.45, 2.75) is 285 Å². The predicted molar refractivity (Wildman–Crippen MR) is 365 cm³/mol. The molecule has 0 N–H and O–H groups in total. The highest BCUT2D eigenvalue weighted by Gasteiger charge is 2.21. The lowest BCUT2D eigenvalue weighted by molar-refractivity contribution is -0.384. The molecule has 0 unspecified atom stereocenters. The van der Waals surface area contributed by atoms with Gasteiger partial charge in [0.1, 0.15) is 0 Å². The summed E-state index contributed by atoms with van der Waals surface area (Å²) in [5.74, 6) is 3.49. The third kappa shape index (κ3) is 27.0. The van der Waals surface area contributed by atoms with Crippen LogP contribution in [0.3, 0.4) is 0 Å². The highest BCUT2D eigenvalue weighted by Crippen LogP contribution is 2.41. The summed E-state index contributed by atoms with van der Waals surface area (Å²) >= 11 is 0. The van der Waals surface area contributed by atoms with Gasteiger partial charge in [-0.15, -0.1) is 10.2 Å². The van der Waals surface area contributed by atoms with Crippen LogP contribution in [0.4, 0.5) is 5.69 Å². The Morgan fingerprint density at radius 1 is 0.330 bits per heavy atom. The number of hydrogen-bond donors (Lipinski definition) is 0. The highest BCUT2D eigenvalue weighted by molar-refractivity contribution is 5.89. The van der Waals surface area contributed by atoms with Crippen molar-refractivity contribution in [3.63, 3.8) is 0 Å². The Hall–Kier alpha value is -6.04. The zero-order valence-electron chi connectivity index (χ0n) is 55.2. The smallest absolute Gasteiger partial charge is 0.269 e. The largest absolute Gasteiger partial charge is 0.490 e. The lowest BCUT2D eigenvalue weighted by Gasteiger charge is -2.17. The fourth-order valence-corrected chi connectivity index (χ4v) is 11.6. The van der Waals surface area contributed by atoms with E-state index < -0.39 is 4.92 Å². The van der Waals surface area contributed by atoms with Crippen LogP contribution in [-0.2, 0) is 0 Å². The number of nitrogens with zero attached hydrogens (tertiary/aromatic N) is 5. The second-order valence-electron chi connectivity index (χ2n) is 24.8. The predicted octanol–water partition coefficient (Wildman–Crippen LogP) is 23.8. The van der Waals surface area contributed by atoms with Gasteiger partial charge in [0.05, 0.1) is 53.8 Å². The van der Waals surface area contributed by atoms with Crippen molar-refractivity contribution in [1.29, 1.82) is 0 Å². The summed E-state index contributed by atoms with van der Waals surface area (Å²) < 4.78 is 32.9. The zero-order chi connectivity index (χ0) is 61.9. The SMILES string of the molecule is CCCCCCCCCCCCOc1ccc(-c2nc3ccc(-c4nnc(-c5ccc([N+](=O)[O-])cc5)o4)cc3nc2-c2ccc(OCCCCCCCCCCCC)c(OCCCCCCCCCCCC)c2)cc1OCCCCCCCCCCCC. The first-order valence-corrected chi connectivity index (χ1v) is 35.6. The van der Waals surface area contributed by atoms with E-state index in [4.69, 9.17) is 33.3 Å². The Bertz CT molecular complexity index is 2800. The molecule has 0 aliphatic heterocycles. The third-order valence-corrected chi connectivity index (χ3v) is 17.1. The van der Waals surface area contributed by atoms with Gasteiger partial charge in [-0.1, -0.05) is 259 Å². The summed E-state index contributed by atoms with van der Waals surface area (Å²) in [5, 5.41) is 20.1. The fraction of sp³-hybridized carbons (Fsp3) is 0.632. The molecule has 484 valence electrons. The molecule has 0 atom stereocenters. The van der Waals surface area contributed by atoms with Crippen LogP contribution in [0, 0.1) is 10.1 Å². The summed E-state index contributed by atoms with van der Waals surface area (Å²) in [4.78, 5) is 21.9. The standard InChI is InChI=1S/C76H113N5O7/c1-5-9-13-17-21-25-29-33-37-41-55-84-69-53-48-63(60-71(69)86-57-43-39-35-31-27-23-19-15-11-7-3)73-74(78-68-59-65(47-52-67(68)77-73)76-80-79-75(88-76)62-45-50-66(51-46-62)81(82)83)64-49-54-70(85-56-42-38-34-30-26-22-18-14-10-6-2)72(61-64)87-58-44-40-36-32-28-24-20-16-12-8-4/h45-54,59-61H,5-44,55-58H2,1-4H3. The summed E-state index contributed by atoms with van der Waals surface area (Å²) in [6.07, 6.45) is 50.5. The van der Waals surface area contributed by atoms with Gasteiger partial charge in [-0.05, 0) is 92.4 Å². The molecule has 12 heteroatoms. The van der Waals surface area contributed by atoms with Crippen LogP contribution in [-0.4, -0.2) is 51.5 Å². The quantitative estimate of drug-likeness (QED) is 0.0204. The Morgan fingerprint density at radius 2 is 0.625 bits per heavy atom. The molecule has 6 aromatic rings. The van der Waals surface area contributed by atoms with Crippen LogP contribution in [0.2, 0.25) is 0 Å². The maximum atomic E-state index is 11.4. The number of nitro groups is 1. The normalized spacial score (nSPS) is 11.5. The molecule has 0 fully saturated rings. The molecule has 0 radical (unpaired) electrons. The molecule has 4 aromatic carbocycles. The molecule has 0 spiro atoms. The maximum Gasteiger partial charge on any atom is 0.269 e. The lowest BCUT2D eigenvalue weighted by Crippen LogP contribution is -2.04. The monoisotopic (exact) mass is 1210 g/mol. The number of rotatable bonds is 53. The molecule has 12 nitrogen and oxygen atoms in total. The van der Waals surface area contributed by atoms with Gasteiger partial charge in [0.15, 0.2) is 23.0 Å². The van der Waals surface area contributed by atoms with Crippen molar-refractivity contribution in [3.8, 4) is 68.4 Å². The topological polar surface area (TPSA) is 145 Å². The van der Waals surface area contributed by atoms with E-state index in [0.717, 1.165) is 79.7 Å². The molecule has 0 saturated heterocycles. The van der Waals surface area contributed by atoms with Gasteiger partial charge in [0.25, 0.3) is 5.69 Å². The van der Waals surface area contributed by atoms with E-state index in [1.54, 1.807) is 12.1 Å². The molecule has 2 heterocycles. The lowest BCUT2D eigenvalue weighted by atomic mass is 10.0. The van der Waals surface area contributed by atoms with Crippen LogP contribution in [0.5, 0.6) is 23.0 Å². The van der Waals surface area contributed by atoms with Crippen molar-refractivity contribution < 1.29 is 28.3 Å². The van der Waals surface area contributed by atoms with E-state index in [1.807, 2.05) is 18.2 Å². The molecule has 2 aromatic heterocycles. The minimum Gasteiger partial charge on any atom is -0.490 e. The Kier molecular flexibility index (Phi) is 35.9. The van der Waals surface area contributed by atoms with Crippen molar-refractivity contribution in [2.24, 2.45) is 0 Å². The van der Waals surface area contributed by atoms with E-state index in [2.05, 4.69) is 74.3 Å². The van der Waals surface area contributed by atoms with Crippen molar-refractivity contribution in [3.05, 3.63) is 89.0 Å². The number of non-ortho nitro benzene ring substituents is 1. The number of hydrogen-bond acceptors (Lipinski definition) is 11. The van der Waals surface area contributed by atoms with Crippen LogP contribution >= 0.6 is 0 Å². The minimum atomic E-state index is -0.426. The van der Waals surface area contributed by atoms with Gasteiger partial charge in [-0.3, -0.25) is 10.1 Å². The first kappa shape index (κ1) is 71.0. The number of nitro benzene ring substituents is 1. The van der Waals surface area contributed by atoms with Crippen molar-refractivity contribution >= 4 is 16.7 Å². The van der Waals surface area contributed by atoms with Gasteiger partial charge in [0, 0.05) is 34.4 Å². The molecule has 0 aliphatic rings. The van der Waals surface area contributed by atoms with E-state index in [-0.39, 0.29) is 11.6 Å². The van der Waals surface area contributed by atoms with Crippen LogP contribution in [0.1, 0.15) is 285 Å². The van der Waals surface area contributed by atoms with E-state index >= 15 is 0 Å². The van der Waals surface area contributed by atoms with Crippen LogP contribution in [0.25, 0.3) is 56.5 Å². The second kappa shape index (κ2) is 44.4.